The van der Waals surface area contributed by atoms with Gasteiger partial charge in [-0.3, -0.25) is 4.90 Å². The molecule has 136 valence electrons. The molecule has 0 aromatic heterocycles. The van der Waals surface area contributed by atoms with Crippen LogP contribution in [0.25, 0.3) is 0 Å². The first-order valence-electron chi connectivity index (χ1n) is 8.04. The summed E-state index contributed by atoms with van der Waals surface area (Å²) in [6.45, 7) is 4.93. The van der Waals surface area contributed by atoms with Crippen LogP contribution in [0.1, 0.15) is 38.7 Å². The summed E-state index contributed by atoms with van der Waals surface area (Å²) in [5.74, 6) is 0. The van der Waals surface area contributed by atoms with Crippen LogP contribution in [0, 0.1) is 0 Å². The summed E-state index contributed by atoms with van der Waals surface area (Å²) in [5.41, 5.74) is -0.969. The van der Waals surface area contributed by atoms with Crippen LogP contribution in [0.4, 0.5) is 13.2 Å². The number of piperidine rings is 1. The van der Waals surface area contributed by atoms with Gasteiger partial charge in [0.25, 0.3) is 0 Å². The van der Waals surface area contributed by atoms with Gasteiger partial charge in [-0.2, -0.15) is 13.2 Å². The lowest BCUT2D eigenvalue weighted by Crippen LogP contribution is -2.47. The number of benzene rings is 1. The van der Waals surface area contributed by atoms with Crippen molar-refractivity contribution in [3.05, 3.63) is 29.8 Å². The van der Waals surface area contributed by atoms with Crippen LogP contribution >= 0.6 is 0 Å². The minimum atomic E-state index is -4.57. The predicted molar refractivity (Wildman–Crippen MR) is 86.1 cm³/mol. The molecule has 2 atom stereocenters. The second-order valence-corrected chi connectivity index (χ2v) is 8.06. The fourth-order valence-corrected chi connectivity index (χ4v) is 4.21. The van der Waals surface area contributed by atoms with Crippen molar-refractivity contribution in [2.24, 2.45) is 0 Å². The van der Waals surface area contributed by atoms with Gasteiger partial charge in [0, 0.05) is 25.2 Å². The Bertz CT molecular complexity index is 652. The fraction of sp³-hybridized carbons (Fsp3) is 0.625. The summed E-state index contributed by atoms with van der Waals surface area (Å²) in [6, 6.07) is 4.55. The van der Waals surface area contributed by atoms with Gasteiger partial charge in [-0.25, -0.2) is 13.1 Å². The van der Waals surface area contributed by atoms with E-state index in [2.05, 4.69) is 23.5 Å². The van der Waals surface area contributed by atoms with Crippen molar-refractivity contribution < 1.29 is 21.6 Å². The Morgan fingerprint density at radius 3 is 2.42 bits per heavy atom. The molecular weight excluding hydrogens is 341 g/mol. The monoisotopic (exact) mass is 364 g/mol. The SMILES string of the molecule is CC1CCCC(C)N1CCNS(=O)(=O)c1cccc(C(F)(F)F)c1. The van der Waals surface area contributed by atoms with Crippen molar-refractivity contribution in [2.45, 2.75) is 56.3 Å². The molecule has 1 saturated heterocycles. The van der Waals surface area contributed by atoms with E-state index in [9.17, 15) is 21.6 Å². The zero-order valence-electron chi connectivity index (χ0n) is 13.8. The van der Waals surface area contributed by atoms with E-state index in [0.29, 0.717) is 24.7 Å². The molecule has 0 amide bonds. The van der Waals surface area contributed by atoms with E-state index in [1.165, 1.54) is 6.07 Å². The largest absolute Gasteiger partial charge is 0.416 e. The summed E-state index contributed by atoms with van der Waals surface area (Å²) in [6.07, 6.45) is -1.26. The van der Waals surface area contributed by atoms with Crippen molar-refractivity contribution in [1.29, 1.82) is 0 Å². The number of hydrogen-bond acceptors (Lipinski definition) is 3. The van der Waals surface area contributed by atoms with Crippen molar-refractivity contribution in [3.63, 3.8) is 0 Å². The van der Waals surface area contributed by atoms with Crippen LogP contribution < -0.4 is 4.72 Å². The minimum Gasteiger partial charge on any atom is -0.297 e. The number of rotatable bonds is 5. The second-order valence-electron chi connectivity index (χ2n) is 6.29. The number of hydrogen-bond donors (Lipinski definition) is 1. The third kappa shape index (κ3) is 4.70. The molecule has 2 unspecified atom stereocenters. The van der Waals surface area contributed by atoms with Crippen molar-refractivity contribution in [2.75, 3.05) is 13.1 Å². The Balaban J connectivity index is 2.01. The van der Waals surface area contributed by atoms with Crippen LogP contribution in [0.3, 0.4) is 0 Å². The molecule has 1 aliphatic heterocycles. The molecule has 4 nitrogen and oxygen atoms in total. The molecule has 2 rings (SSSR count). The normalized spacial score (nSPS) is 23.4. The Labute approximate surface area is 141 Å². The van der Waals surface area contributed by atoms with Gasteiger partial charge < -0.3 is 0 Å². The molecule has 0 bridgehead atoms. The maximum absolute atomic E-state index is 12.7. The number of nitrogens with one attached hydrogen (secondary N) is 1. The zero-order chi connectivity index (χ0) is 18.0. The average Bonchev–Trinajstić information content (AvgIpc) is 2.49. The standard InChI is InChI=1S/C16H23F3N2O2S/c1-12-5-3-6-13(2)21(12)10-9-20-24(22,23)15-8-4-7-14(11-15)16(17,18)19/h4,7-8,11-13,20H,3,5-6,9-10H2,1-2H3. The van der Waals surface area contributed by atoms with E-state index in [-0.39, 0.29) is 11.4 Å². The smallest absolute Gasteiger partial charge is 0.297 e. The fourth-order valence-electron chi connectivity index (χ4n) is 3.15. The molecule has 1 N–H and O–H groups in total. The highest BCUT2D eigenvalue weighted by Gasteiger charge is 2.31. The molecule has 0 radical (unpaired) electrons. The van der Waals surface area contributed by atoms with Crippen molar-refractivity contribution >= 4 is 10.0 Å². The van der Waals surface area contributed by atoms with Gasteiger partial charge in [-0.05, 0) is 44.9 Å². The highest BCUT2D eigenvalue weighted by atomic mass is 32.2. The van der Waals surface area contributed by atoms with Crippen molar-refractivity contribution in [1.82, 2.24) is 9.62 Å². The lowest BCUT2D eigenvalue weighted by Gasteiger charge is -2.39. The molecule has 1 aliphatic rings. The quantitative estimate of drug-likeness (QED) is 0.873. The second kappa shape index (κ2) is 7.41. The molecule has 1 fully saturated rings. The lowest BCUT2D eigenvalue weighted by atomic mass is 9.98. The molecule has 1 aromatic carbocycles. The number of nitrogens with zero attached hydrogens (tertiary/aromatic N) is 1. The molecule has 0 saturated carbocycles. The average molecular weight is 364 g/mol. The predicted octanol–water partition coefficient (Wildman–Crippen LogP) is 3.25. The molecule has 1 aromatic rings. The number of sulfonamides is 1. The number of alkyl halides is 3. The third-order valence-corrected chi connectivity index (χ3v) is 5.97. The molecular formula is C16H23F3N2O2S. The van der Waals surface area contributed by atoms with Crippen molar-refractivity contribution in [3.8, 4) is 0 Å². The van der Waals surface area contributed by atoms with Crippen LogP contribution in [0.5, 0.6) is 0 Å². The maximum Gasteiger partial charge on any atom is 0.416 e. The summed E-state index contributed by atoms with van der Waals surface area (Å²) < 4.78 is 65.0. The Morgan fingerprint density at radius 2 is 1.83 bits per heavy atom. The lowest BCUT2D eigenvalue weighted by molar-refractivity contribution is -0.137. The van der Waals surface area contributed by atoms with Gasteiger partial charge in [-0.15, -0.1) is 0 Å². The van der Waals surface area contributed by atoms with Gasteiger partial charge in [0.1, 0.15) is 0 Å². The van der Waals surface area contributed by atoms with E-state index in [0.717, 1.165) is 31.4 Å². The summed E-state index contributed by atoms with van der Waals surface area (Å²) >= 11 is 0. The zero-order valence-corrected chi connectivity index (χ0v) is 14.6. The van der Waals surface area contributed by atoms with E-state index in [4.69, 9.17) is 0 Å². The Morgan fingerprint density at radius 1 is 1.21 bits per heavy atom. The minimum absolute atomic E-state index is 0.174. The first-order chi connectivity index (χ1) is 11.1. The molecule has 8 heteroatoms. The van der Waals surface area contributed by atoms with Crippen LogP contribution in [0.2, 0.25) is 0 Å². The third-order valence-electron chi connectivity index (χ3n) is 4.51. The maximum atomic E-state index is 12.7. The highest BCUT2D eigenvalue weighted by Crippen LogP contribution is 2.30. The Hall–Kier alpha value is -1.12. The summed E-state index contributed by atoms with van der Waals surface area (Å²) in [4.78, 5) is 1.87. The highest BCUT2D eigenvalue weighted by molar-refractivity contribution is 7.89. The molecule has 0 aliphatic carbocycles. The summed E-state index contributed by atoms with van der Waals surface area (Å²) in [5, 5.41) is 0. The van der Waals surface area contributed by atoms with E-state index >= 15 is 0 Å². The van der Waals surface area contributed by atoms with Crippen LogP contribution in [0.15, 0.2) is 29.2 Å². The van der Waals surface area contributed by atoms with Crippen LogP contribution in [-0.2, 0) is 16.2 Å². The first kappa shape index (κ1) is 19.2. The first-order valence-corrected chi connectivity index (χ1v) is 9.52. The topological polar surface area (TPSA) is 49.4 Å². The van der Waals surface area contributed by atoms with Gasteiger partial charge in [0.2, 0.25) is 10.0 Å². The molecule has 24 heavy (non-hydrogen) atoms. The molecule has 0 spiro atoms. The van der Waals surface area contributed by atoms with Crippen LogP contribution in [-0.4, -0.2) is 38.5 Å². The van der Waals surface area contributed by atoms with Gasteiger partial charge in [0.05, 0.1) is 10.5 Å². The Kier molecular flexibility index (Phi) is 5.93. The van der Waals surface area contributed by atoms with Gasteiger partial charge in [-0.1, -0.05) is 12.5 Å². The summed E-state index contributed by atoms with van der Waals surface area (Å²) in [7, 11) is -3.96. The number of halogens is 3. The number of likely N-dealkylation sites (tertiary alicyclic amines) is 1. The van der Waals surface area contributed by atoms with E-state index < -0.39 is 21.8 Å². The van der Waals surface area contributed by atoms with E-state index in [1.807, 2.05) is 0 Å². The molecule has 1 heterocycles. The van der Waals surface area contributed by atoms with Gasteiger partial charge >= 0.3 is 6.18 Å². The van der Waals surface area contributed by atoms with E-state index in [1.54, 1.807) is 0 Å². The van der Waals surface area contributed by atoms with Gasteiger partial charge in [0.15, 0.2) is 0 Å².